The average Bonchev–Trinajstić information content (AvgIpc) is 2.23. The first kappa shape index (κ1) is 12.0. The molecular weight excluding hydrogens is 192 g/mol. The molecule has 0 heteroatoms. The topological polar surface area (TPSA) is 0 Å². The molecule has 0 nitrogen and oxygen atoms in total. The summed E-state index contributed by atoms with van der Waals surface area (Å²) in [5.41, 5.74) is 4.21. The SMILES string of the molecule is C=C[C@@]1(C)C2=C(CC[C@@H]1C)C(C)(C)CCC2. The van der Waals surface area contributed by atoms with Crippen LogP contribution in [0.1, 0.15) is 59.8 Å². The van der Waals surface area contributed by atoms with Gasteiger partial charge in [0, 0.05) is 5.41 Å². The fourth-order valence-electron chi connectivity index (χ4n) is 3.78. The summed E-state index contributed by atoms with van der Waals surface area (Å²) in [4.78, 5) is 0. The van der Waals surface area contributed by atoms with Crippen molar-refractivity contribution < 1.29 is 0 Å². The van der Waals surface area contributed by atoms with Crippen LogP contribution in [0.3, 0.4) is 0 Å². The van der Waals surface area contributed by atoms with Crippen molar-refractivity contribution in [2.75, 3.05) is 0 Å². The summed E-state index contributed by atoms with van der Waals surface area (Å²) in [6, 6.07) is 0. The van der Waals surface area contributed by atoms with Crippen LogP contribution >= 0.6 is 0 Å². The predicted octanol–water partition coefficient (Wildman–Crippen LogP) is 5.12. The maximum atomic E-state index is 4.11. The lowest BCUT2D eigenvalue weighted by molar-refractivity contribution is 0.227. The normalized spacial score (nSPS) is 38.1. The van der Waals surface area contributed by atoms with Gasteiger partial charge in [0.15, 0.2) is 0 Å². The van der Waals surface area contributed by atoms with Gasteiger partial charge in [-0.1, -0.05) is 44.9 Å². The van der Waals surface area contributed by atoms with E-state index in [9.17, 15) is 0 Å². The van der Waals surface area contributed by atoms with Gasteiger partial charge < -0.3 is 0 Å². The highest BCUT2D eigenvalue weighted by atomic mass is 14.5. The molecule has 0 heterocycles. The standard InChI is InChI=1S/C16H26/c1-6-16(5)12(2)9-10-13-14(16)8-7-11-15(13,3)4/h6,12H,1,7-11H2,2-5H3/t12-,16+/m0/s1. The van der Waals surface area contributed by atoms with E-state index in [-0.39, 0.29) is 5.41 Å². The molecule has 0 radical (unpaired) electrons. The molecule has 0 aromatic rings. The number of hydrogen-bond acceptors (Lipinski definition) is 0. The minimum absolute atomic E-state index is 0.269. The van der Waals surface area contributed by atoms with Crippen LogP contribution in [0, 0.1) is 16.7 Å². The Morgan fingerprint density at radius 3 is 2.50 bits per heavy atom. The number of hydrogen-bond donors (Lipinski definition) is 0. The minimum atomic E-state index is 0.269. The second-order valence-corrected chi connectivity index (χ2v) is 6.62. The van der Waals surface area contributed by atoms with E-state index in [4.69, 9.17) is 0 Å². The molecule has 0 bridgehead atoms. The van der Waals surface area contributed by atoms with Crippen molar-refractivity contribution in [3.8, 4) is 0 Å². The summed E-state index contributed by atoms with van der Waals surface area (Å²) in [7, 11) is 0. The van der Waals surface area contributed by atoms with E-state index in [0.29, 0.717) is 5.41 Å². The lowest BCUT2D eigenvalue weighted by Gasteiger charge is -2.48. The summed E-state index contributed by atoms with van der Waals surface area (Å²) < 4.78 is 0. The van der Waals surface area contributed by atoms with Crippen molar-refractivity contribution in [1.82, 2.24) is 0 Å². The Kier molecular flexibility index (Phi) is 2.80. The first-order chi connectivity index (χ1) is 7.42. The first-order valence-electron chi connectivity index (χ1n) is 6.78. The highest BCUT2D eigenvalue weighted by Gasteiger charge is 2.42. The summed E-state index contributed by atoms with van der Waals surface area (Å²) in [5, 5.41) is 0. The molecule has 0 aromatic heterocycles. The maximum absolute atomic E-state index is 4.11. The van der Waals surface area contributed by atoms with Crippen LogP contribution in [0.4, 0.5) is 0 Å². The Morgan fingerprint density at radius 1 is 1.19 bits per heavy atom. The Labute approximate surface area is 101 Å². The molecule has 0 fully saturated rings. The number of allylic oxidation sites excluding steroid dienone is 3. The van der Waals surface area contributed by atoms with Gasteiger partial charge in [0.25, 0.3) is 0 Å². The molecule has 0 N–H and O–H groups in total. The highest BCUT2D eigenvalue weighted by molar-refractivity contribution is 5.35. The summed E-state index contributed by atoms with van der Waals surface area (Å²) in [5.74, 6) is 0.762. The lowest BCUT2D eigenvalue weighted by atomic mass is 9.57. The van der Waals surface area contributed by atoms with Crippen molar-refractivity contribution in [3.05, 3.63) is 23.8 Å². The molecule has 2 atom stereocenters. The average molecular weight is 218 g/mol. The molecule has 0 saturated heterocycles. The Hall–Kier alpha value is -0.520. The van der Waals surface area contributed by atoms with Crippen molar-refractivity contribution in [2.24, 2.45) is 16.7 Å². The fraction of sp³-hybridized carbons (Fsp3) is 0.750. The van der Waals surface area contributed by atoms with Gasteiger partial charge in [0.1, 0.15) is 0 Å². The van der Waals surface area contributed by atoms with Crippen LogP contribution in [0.2, 0.25) is 0 Å². The second kappa shape index (κ2) is 3.75. The van der Waals surface area contributed by atoms with E-state index >= 15 is 0 Å². The molecule has 16 heavy (non-hydrogen) atoms. The molecule has 2 aliphatic rings. The molecule has 90 valence electrons. The van der Waals surface area contributed by atoms with Crippen LogP contribution < -0.4 is 0 Å². The maximum Gasteiger partial charge on any atom is 0.00884 e. The van der Waals surface area contributed by atoms with E-state index < -0.39 is 0 Å². The van der Waals surface area contributed by atoms with Gasteiger partial charge in [-0.05, 0) is 43.4 Å². The molecule has 0 aliphatic heterocycles. The molecule has 0 unspecified atom stereocenters. The van der Waals surface area contributed by atoms with Gasteiger partial charge in [-0.2, -0.15) is 0 Å². The molecule has 2 rings (SSSR count). The van der Waals surface area contributed by atoms with Crippen molar-refractivity contribution in [2.45, 2.75) is 59.8 Å². The molecule has 0 amide bonds. The van der Waals surface area contributed by atoms with E-state index in [1.807, 2.05) is 0 Å². The zero-order chi connectivity index (χ0) is 12.0. The van der Waals surface area contributed by atoms with E-state index in [1.165, 1.54) is 32.1 Å². The Morgan fingerprint density at radius 2 is 1.88 bits per heavy atom. The van der Waals surface area contributed by atoms with Crippen LogP contribution in [0.15, 0.2) is 23.8 Å². The second-order valence-electron chi connectivity index (χ2n) is 6.62. The third-order valence-electron chi connectivity index (χ3n) is 5.34. The van der Waals surface area contributed by atoms with Crippen molar-refractivity contribution in [3.63, 3.8) is 0 Å². The molecule has 0 spiro atoms. The fourth-order valence-corrected chi connectivity index (χ4v) is 3.78. The highest BCUT2D eigenvalue weighted by Crippen LogP contribution is 2.55. The van der Waals surface area contributed by atoms with Gasteiger partial charge in [-0.3, -0.25) is 0 Å². The quantitative estimate of drug-likeness (QED) is 0.536. The summed E-state index contributed by atoms with van der Waals surface area (Å²) in [6.45, 7) is 13.8. The van der Waals surface area contributed by atoms with Crippen molar-refractivity contribution >= 4 is 0 Å². The molecule has 0 saturated carbocycles. The summed E-state index contributed by atoms with van der Waals surface area (Å²) in [6.07, 6.45) is 8.92. The largest absolute Gasteiger partial charge is 0.102 e. The minimum Gasteiger partial charge on any atom is -0.102 e. The van der Waals surface area contributed by atoms with Crippen LogP contribution in [-0.2, 0) is 0 Å². The van der Waals surface area contributed by atoms with Crippen molar-refractivity contribution in [1.29, 1.82) is 0 Å². The molecular formula is C16H26. The number of rotatable bonds is 1. The monoisotopic (exact) mass is 218 g/mol. The third kappa shape index (κ3) is 1.58. The van der Waals surface area contributed by atoms with Gasteiger partial charge >= 0.3 is 0 Å². The van der Waals surface area contributed by atoms with Gasteiger partial charge in [-0.15, -0.1) is 6.58 Å². The zero-order valence-electron chi connectivity index (χ0n) is 11.4. The van der Waals surface area contributed by atoms with E-state index in [0.717, 1.165) is 5.92 Å². The van der Waals surface area contributed by atoms with Gasteiger partial charge in [0.05, 0.1) is 0 Å². The molecule has 2 aliphatic carbocycles. The van der Waals surface area contributed by atoms with Crippen LogP contribution in [0.25, 0.3) is 0 Å². The Bertz CT molecular complexity index is 332. The zero-order valence-corrected chi connectivity index (χ0v) is 11.4. The summed E-state index contributed by atoms with van der Waals surface area (Å²) >= 11 is 0. The van der Waals surface area contributed by atoms with Crippen LogP contribution in [-0.4, -0.2) is 0 Å². The van der Waals surface area contributed by atoms with E-state index in [2.05, 4.69) is 40.3 Å². The smallest absolute Gasteiger partial charge is 0.00884 e. The predicted molar refractivity (Wildman–Crippen MR) is 71.4 cm³/mol. The van der Waals surface area contributed by atoms with Crippen LogP contribution in [0.5, 0.6) is 0 Å². The lowest BCUT2D eigenvalue weighted by Crippen LogP contribution is -2.36. The van der Waals surface area contributed by atoms with E-state index in [1.54, 1.807) is 11.1 Å². The molecule has 0 aromatic carbocycles. The van der Waals surface area contributed by atoms with Gasteiger partial charge in [0.2, 0.25) is 0 Å². The van der Waals surface area contributed by atoms with Gasteiger partial charge in [-0.25, -0.2) is 0 Å². The first-order valence-corrected chi connectivity index (χ1v) is 6.78. The Balaban J connectivity index is 2.52. The third-order valence-corrected chi connectivity index (χ3v) is 5.34.